The molecular formula is C18H26N2. The Kier molecular flexibility index (Phi) is 5.57. The monoisotopic (exact) mass is 270 g/mol. The van der Waals surface area contributed by atoms with Gasteiger partial charge in [0.05, 0.1) is 0 Å². The molecule has 0 amide bonds. The third-order valence-corrected chi connectivity index (χ3v) is 3.84. The first-order valence-corrected chi connectivity index (χ1v) is 7.73. The van der Waals surface area contributed by atoms with Crippen molar-refractivity contribution in [2.24, 2.45) is 5.73 Å². The van der Waals surface area contributed by atoms with Crippen molar-refractivity contribution in [2.45, 2.75) is 32.7 Å². The minimum absolute atomic E-state index is 0.333. The number of fused-ring (bicyclic) bond motifs is 1. The Hall–Kier alpha value is -1.38. The van der Waals surface area contributed by atoms with E-state index in [9.17, 15) is 0 Å². The van der Waals surface area contributed by atoms with Crippen LogP contribution in [0.3, 0.4) is 0 Å². The Morgan fingerprint density at radius 3 is 2.20 bits per heavy atom. The minimum atomic E-state index is 0.333. The summed E-state index contributed by atoms with van der Waals surface area (Å²) in [6, 6.07) is 15.6. The summed E-state index contributed by atoms with van der Waals surface area (Å²) in [7, 11) is 0. The number of hydrogen-bond donors (Lipinski definition) is 1. The highest BCUT2D eigenvalue weighted by molar-refractivity contribution is 5.83. The van der Waals surface area contributed by atoms with E-state index in [1.165, 1.54) is 29.2 Å². The van der Waals surface area contributed by atoms with Gasteiger partial charge in [0.15, 0.2) is 0 Å². The first-order valence-electron chi connectivity index (χ1n) is 7.73. The lowest BCUT2D eigenvalue weighted by Gasteiger charge is -2.31. The first kappa shape index (κ1) is 15.0. The SMILES string of the molecule is CCCN(CCC)C(CN)c1ccc2ccccc2c1. The van der Waals surface area contributed by atoms with Crippen LogP contribution in [-0.4, -0.2) is 24.5 Å². The maximum atomic E-state index is 6.07. The van der Waals surface area contributed by atoms with Gasteiger partial charge in [-0.25, -0.2) is 0 Å². The van der Waals surface area contributed by atoms with Crippen LogP contribution in [0.2, 0.25) is 0 Å². The van der Waals surface area contributed by atoms with Crippen LogP contribution in [0, 0.1) is 0 Å². The molecule has 0 spiro atoms. The minimum Gasteiger partial charge on any atom is -0.329 e. The summed E-state index contributed by atoms with van der Waals surface area (Å²) in [5, 5.41) is 2.60. The largest absolute Gasteiger partial charge is 0.329 e. The van der Waals surface area contributed by atoms with Crippen molar-refractivity contribution in [2.75, 3.05) is 19.6 Å². The quantitative estimate of drug-likeness (QED) is 0.825. The fraction of sp³-hybridized carbons (Fsp3) is 0.444. The predicted octanol–water partition coefficient (Wildman–Crippen LogP) is 3.96. The van der Waals surface area contributed by atoms with Gasteiger partial charge in [-0.05, 0) is 48.3 Å². The van der Waals surface area contributed by atoms with Gasteiger partial charge in [-0.1, -0.05) is 50.2 Å². The first-order chi connectivity index (χ1) is 9.80. The average Bonchev–Trinajstić information content (AvgIpc) is 2.48. The van der Waals surface area contributed by atoms with Crippen molar-refractivity contribution >= 4 is 10.8 Å². The van der Waals surface area contributed by atoms with E-state index in [1.54, 1.807) is 0 Å². The summed E-state index contributed by atoms with van der Waals surface area (Å²) < 4.78 is 0. The lowest BCUT2D eigenvalue weighted by Crippen LogP contribution is -2.35. The molecule has 1 unspecified atom stereocenters. The lowest BCUT2D eigenvalue weighted by atomic mass is 10.0. The van der Waals surface area contributed by atoms with Crippen LogP contribution in [0.25, 0.3) is 10.8 Å². The molecule has 20 heavy (non-hydrogen) atoms. The smallest absolute Gasteiger partial charge is 0.0470 e. The fourth-order valence-electron chi connectivity index (χ4n) is 2.91. The molecule has 0 saturated carbocycles. The van der Waals surface area contributed by atoms with Crippen LogP contribution in [0.4, 0.5) is 0 Å². The summed E-state index contributed by atoms with van der Waals surface area (Å²) >= 11 is 0. The van der Waals surface area contributed by atoms with Crippen molar-refractivity contribution in [3.63, 3.8) is 0 Å². The molecule has 0 aliphatic carbocycles. The molecule has 0 aliphatic rings. The highest BCUT2D eigenvalue weighted by Crippen LogP contribution is 2.24. The standard InChI is InChI=1S/C18H26N2/c1-3-11-20(12-4-2)18(14-19)17-10-9-15-7-5-6-8-16(15)13-17/h5-10,13,18H,3-4,11-12,14,19H2,1-2H3. The molecule has 2 heteroatoms. The summed E-state index contributed by atoms with van der Waals surface area (Å²) in [4.78, 5) is 2.52. The van der Waals surface area contributed by atoms with Crippen LogP contribution in [0.1, 0.15) is 38.3 Å². The summed E-state index contributed by atoms with van der Waals surface area (Å²) in [6.07, 6.45) is 2.34. The number of hydrogen-bond acceptors (Lipinski definition) is 2. The zero-order chi connectivity index (χ0) is 14.4. The van der Waals surface area contributed by atoms with Gasteiger partial charge < -0.3 is 5.73 Å². The maximum absolute atomic E-state index is 6.07. The molecule has 2 aromatic carbocycles. The van der Waals surface area contributed by atoms with Crippen LogP contribution in [-0.2, 0) is 0 Å². The van der Waals surface area contributed by atoms with Gasteiger partial charge in [0, 0.05) is 12.6 Å². The zero-order valence-corrected chi connectivity index (χ0v) is 12.7. The molecule has 1 atom stereocenters. The average molecular weight is 270 g/mol. The zero-order valence-electron chi connectivity index (χ0n) is 12.7. The van der Waals surface area contributed by atoms with E-state index in [4.69, 9.17) is 5.73 Å². The normalized spacial score (nSPS) is 13.0. The van der Waals surface area contributed by atoms with E-state index < -0.39 is 0 Å². The van der Waals surface area contributed by atoms with E-state index in [1.807, 2.05) is 0 Å². The van der Waals surface area contributed by atoms with E-state index in [2.05, 4.69) is 61.2 Å². The summed E-state index contributed by atoms with van der Waals surface area (Å²) in [6.45, 7) is 7.37. The van der Waals surface area contributed by atoms with Gasteiger partial charge in [0.2, 0.25) is 0 Å². The van der Waals surface area contributed by atoms with Gasteiger partial charge in [0.25, 0.3) is 0 Å². The molecule has 0 saturated heterocycles. The van der Waals surface area contributed by atoms with E-state index >= 15 is 0 Å². The Bertz CT molecular complexity index is 530. The van der Waals surface area contributed by atoms with Crippen molar-refractivity contribution in [3.8, 4) is 0 Å². The number of benzene rings is 2. The Morgan fingerprint density at radius 1 is 0.950 bits per heavy atom. The highest BCUT2D eigenvalue weighted by Gasteiger charge is 2.17. The van der Waals surface area contributed by atoms with Crippen molar-refractivity contribution in [1.29, 1.82) is 0 Å². The number of nitrogens with two attached hydrogens (primary N) is 1. The third kappa shape index (κ3) is 3.38. The molecule has 0 aromatic heterocycles. The second-order valence-corrected chi connectivity index (χ2v) is 5.39. The highest BCUT2D eigenvalue weighted by atomic mass is 15.2. The lowest BCUT2D eigenvalue weighted by molar-refractivity contribution is 0.202. The van der Waals surface area contributed by atoms with E-state index in [0.29, 0.717) is 12.6 Å². The van der Waals surface area contributed by atoms with Crippen LogP contribution < -0.4 is 5.73 Å². The van der Waals surface area contributed by atoms with Gasteiger partial charge in [-0.3, -0.25) is 4.90 Å². The van der Waals surface area contributed by atoms with Crippen molar-refractivity contribution in [1.82, 2.24) is 4.90 Å². The third-order valence-electron chi connectivity index (χ3n) is 3.84. The van der Waals surface area contributed by atoms with Gasteiger partial charge in [-0.2, -0.15) is 0 Å². The summed E-state index contributed by atoms with van der Waals surface area (Å²) in [5.74, 6) is 0. The van der Waals surface area contributed by atoms with Crippen molar-refractivity contribution < 1.29 is 0 Å². The summed E-state index contributed by atoms with van der Waals surface area (Å²) in [5.41, 5.74) is 7.41. The second-order valence-electron chi connectivity index (χ2n) is 5.39. The molecule has 2 N–H and O–H groups in total. The van der Waals surface area contributed by atoms with Gasteiger partial charge in [0.1, 0.15) is 0 Å². The molecular weight excluding hydrogens is 244 g/mol. The predicted molar refractivity (Wildman–Crippen MR) is 87.9 cm³/mol. The Morgan fingerprint density at radius 2 is 1.60 bits per heavy atom. The second kappa shape index (κ2) is 7.41. The van der Waals surface area contributed by atoms with Crippen molar-refractivity contribution in [3.05, 3.63) is 48.0 Å². The van der Waals surface area contributed by atoms with E-state index in [0.717, 1.165) is 13.1 Å². The number of nitrogens with zero attached hydrogens (tertiary/aromatic N) is 1. The Labute approximate surface area is 122 Å². The molecule has 0 bridgehead atoms. The number of rotatable bonds is 7. The van der Waals surface area contributed by atoms with Crippen LogP contribution in [0.5, 0.6) is 0 Å². The molecule has 0 radical (unpaired) electrons. The maximum Gasteiger partial charge on any atom is 0.0470 e. The van der Waals surface area contributed by atoms with Gasteiger partial charge in [-0.15, -0.1) is 0 Å². The molecule has 2 aromatic rings. The Balaban J connectivity index is 2.31. The molecule has 0 aliphatic heterocycles. The van der Waals surface area contributed by atoms with Crippen LogP contribution >= 0.6 is 0 Å². The topological polar surface area (TPSA) is 29.3 Å². The molecule has 108 valence electrons. The molecule has 0 fully saturated rings. The van der Waals surface area contributed by atoms with Crippen LogP contribution in [0.15, 0.2) is 42.5 Å². The molecule has 2 nitrogen and oxygen atoms in total. The fourth-order valence-corrected chi connectivity index (χ4v) is 2.91. The molecule has 0 heterocycles. The molecule has 2 rings (SSSR count). The van der Waals surface area contributed by atoms with Gasteiger partial charge >= 0.3 is 0 Å². The van der Waals surface area contributed by atoms with E-state index in [-0.39, 0.29) is 0 Å².